The zero-order chi connectivity index (χ0) is 23.4. The largest absolute Gasteiger partial charge is 0.486 e. The van der Waals surface area contributed by atoms with Crippen molar-refractivity contribution in [3.8, 4) is 11.8 Å². The summed E-state index contributed by atoms with van der Waals surface area (Å²) in [5, 5.41) is 21.9. The summed E-state index contributed by atoms with van der Waals surface area (Å²) < 4.78 is 20.6. The number of carbonyl (C=O) groups is 1. The van der Waals surface area contributed by atoms with Gasteiger partial charge in [0.05, 0.1) is 16.3 Å². The number of aryl methyl sites for hydroxylation is 1. The van der Waals surface area contributed by atoms with E-state index in [-0.39, 0.29) is 23.3 Å². The molecular weight excluding hydrogens is 485 g/mol. The third-order valence-electron chi connectivity index (χ3n) is 5.30. The normalized spacial score (nSPS) is 13.2. The van der Waals surface area contributed by atoms with Gasteiger partial charge in [0.1, 0.15) is 29.2 Å². The summed E-state index contributed by atoms with van der Waals surface area (Å²) in [4.78, 5) is 13.8. The topological polar surface area (TPSA) is 92.8 Å². The molecule has 1 aliphatic carbocycles. The van der Waals surface area contributed by atoms with Crippen molar-refractivity contribution in [3.05, 3.63) is 50.9 Å². The first-order valence-electron chi connectivity index (χ1n) is 10.4. The first-order chi connectivity index (χ1) is 16.0. The van der Waals surface area contributed by atoms with Gasteiger partial charge in [-0.1, -0.05) is 29.8 Å². The van der Waals surface area contributed by atoms with Gasteiger partial charge >= 0.3 is 0 Å². The van der Waals surface area contributed by atoms with Crippen LogP contribution in [0.15, 0.2) is 23.4 Å². The summed E-state index contributed by atoms with van der Waals surface area (Å²) in [6.45, 7) is 0.116. The SMILES string of the molecule is Cn1c(COc2ccc(F)c(Cl)c2)nnc1SCC(=O)Nc1sc2c(c1C#N)CCCCC2. The van der Waals surface area contributed by atoms with Crippen molar-refractivity contribution in [2.75, 3.05) is 11.1 Å². The number of thiophene rings is 1. The van der Waals surface area contributed by atoms with Gasteiger partial charge in [-0.05, 0) is 43.4 Å². The molecular formula is C22H21ClFN5O2S2. The van der Waals surface area contributed by atoms with Gasteiger partial charge < -0.3 is 14.6 Å². The number of halogens is 2. The molecule has 0 unspecified atom stereocenters. The Bertz CT molecular complexity index is 1220. The number of carbonyl (C=O) groups excluding carboxylic acids is 1. The second-order valence-electron chi connectivity index (χ2n) is 7.54. The Morgan fingerprint density at radius 1 is 1.36 bits per heavy atom. The Kier molecular flexibility index (Phi) is 7.53. The lowest BCUT2D eigenvalue weighted by atomic mass is 10.1. The van der Waals surface area contributed by atoms with Crippen molar-refractivity contribution in [1.82, 2.24) is 14.8 Å². The molecule has 172 valence electrons. The van der Waals surface area contributed by atoms with Crippen molar-refractivity contribution in [3.63, 3.8) is 0 Å². The van der Waals surface area contributed by atoms with Gasteiger partial charge in [0.15, 0.2) is 11.0 Å². The number of anilines is 1. The first-order valence-corrected chi connectivity index (χ1v) is 12.6. The predicted octanol–water partition coefficient (Wildman–Crippen LogP) is 5.12. The minimum Gasteiger partial charge on any atom is -0.486 e. The van der Waals surface area contributed by atoms with Crippen LogP contribution in [0.4, 0.5) is 9.39 Å². The number of amides is 1. The van der Waals surface area contributed by atoms with Gasteiger partial charge in [0.2, 0.25) is 5.91 Å². The van der Waals surface area contributed by atoms with Crippen LogP contribution in [-0.2, 0) is 31.3 Å². The maximum Gasteiger partial charge on any atom is 0.235 e. The van der Waals surface area contributed by atoms with Crippen molar-refractivity contribution in [1.29, 1.82) is 5.26 Å². The van der Waals surface area contributed by atoms with Gasteiger partial charge in [0, 0.05) is 18.0 Å². The van der Waals surface area contributed by atoms with Crippen LogP contribution in [-0.4, -0.2) is 26.4 Å². The standard InChI is InChI=1S/C22H21ClFN5O2S2/c1-29-19(11-31-13-7-8-17(24)16(23)9-13)27-28-22(29)32-12-20(30)26-21-15(10-25)14-5-3-2-4-6-18(14)33-21/h7-9H,2-6,11-12H2,1H3,(H,26,30). The molecule has 11 heteroatoms. The maximum atomic E-state index is 13.3. The Balaban J connectivity index is 1.34. The van der Waals surface area contributed by atoms with Crippen molar-refractivity contribution in [2.45, 2.75) is 43.9 Å². The summed E-state index contributed by atoms with van der Waals surface area (Å²) in [6.07, 6.45) is 5.23. The highest BCUT2D eigenvalue weighted by molar-refractivity contribution is 7.99. The summed E-state index contributed by atoms with van der Waals surface area (Å²) in [7, 11) is 1.78. The van der Waals surface area contributed by atoms with Crippen LogP contribution in [0.25, 0.3) is 0 Å². The molecule has 0 spiro atoms. The van der Waals surface area contributed by atoms with Crippen molar-refractivity contribution < 1.29 is 13.9 Å². The fourth-order valence-electron chi connectivity index (χ4n) is 3.55. The summed E-state index contributed by atoms with van der Waals surface area (Å²) in [5.41, 5.74) is 1.71. The first kappa shape index (κ1) is 23.5. The Hall–Kier alpha value is -2.61. The van der Waals surface area contributed by atoms with E-state index in [2.05, 4.69) is 21.6 Å². The second-order valence-corrected chi connectivity index (χ2v) is 9.99. The molecule has 2 aromatic heterocycles. The van der Waals surface area contributed by atoms with Gasteiger partial charge in [-0.15, -0.1) is 21.5 Å². The molecule has 1 N–H and O–H groups in total. The lowest BCUT2D eigenvalue weighted by Crippen LogP contribution is -2.14. The van der Waals surface area contributed by atoms with Crippen molar-refractivity contribution >= 4 is 45.6 Å². The van der Waals surface area contributed by atoms with E-state index in [0.29, 0.717) is 27.3 Å². The van der Waals surface area contributed by atoms with Crippen molar-refractivity contribution in [2.24, 2.45) is 7.05 Å². The number of thioether (sulfide) groups is 1. The molecule has 0 bridgehead atoms. The van der Waals surface area contributed by atoms with Gasteiger partial charge in [-0.3, -0.25) is 4.79 Å². The predicted molar refractivity (Wildman–Crippen MR) is 126 cm³/mol. The number of nitrogens with zero attached hydrogens (tertiary/aromatic N) is 4. The third kappa shape index (κ3) is 5.49. The number of fused-ring (bicyclic) bond motifs is 1. The Morgan fingerprint density at radius 2 is 2.18 bits per heavy atom. The number of rotatable bonds is 7. The summed E-state index contributed by atoms with van der Waals surface area (Å²) in [6, 6.07) is 6.39. The molecule has 0 saturated heterocycles. The van der Waals surface area contributed by atoms with E-state index in [4.69, 9.17) is 16.3 Å². The number of benzene rings is 1. The van der Waals surface area contributed by atoms with E-state index in [1.54, 1.807) is 11.6 Å². The Morgan fingerprint density at radius 3 is 2.97 bits per heavy atom. The molecule has 0 aliphatic heterocycles. The van der Waals surface area contributed by atoms with Crippen LogP contribution < -0.4 is 10.1 Å². The van der Waals surface area contributed by atoms with E-state index in [9.17, 15) is 14.4 Å². The van der Waals surface area contributed by atoms with E-state index in [0.717, 1.165) is 31.2 Å². The fourth-order valence-corrected chi connectivity index (χ4v) is 5.71. The zero-order valence-corrected chi connectivity index (χ0v) is 20.2. The van der Waals surface area contributed by atoms with Crippen LogP contribution in [0.1, 0.15) is 41.1 Å². The summed E-state index contributed by atoms with van der Waals surface area (Å²) >= 11 is 8.53. The van der Waals surface area contributed by atoms with E-state index >= 15 is 0 Å². The lowest BCUT2D eigenvalue weighted by molar-refractivity contribution is -0.113. The van der Waals surface area contributed by atoms with E-state index in [1.165, 1.54) is 52.6 Å². The molecule has 1 aromatic carbocycles. The molecule has 7 nitrogen and oxygen atoms in total. The van der Waals surface area contributed by atoms with Crippen LogP contribution in [0.2, 0.25) is 5.02 Å². The third-order valence-corrected chi connectivity index (χ3v) is 7.82. The average Bonchev–Trinajstić information content (AvgIpc) is 3.22. The highest BCUT2D eigenvalue weighted by Crippen LogP contribution is 2.37. The number of aromatic nitrogens is 3. The number of hydrogen-bond acceptors (Lipinski definition) is 7. The monoisotopic (exact) mass is 505 g/mol. The molecule has 4 rings (SSSR count). The summed E-state index contributed by atoms with van der Waals surface area (Å²) in [5.74, 6) is 0.385. The number of ether oxygens (including phenoxy) is 1. The minimum absolute atomic E-state index is 0.0191. The molecule has 1 amide bonds. The number of hydrogen-bond donors (Lipinski definition) is 1. The molecule has 0 radical (unpaired) electrons. The smallest absolute Gasteiger partial charge is 0.235 e. The van der Waals surface area contributed by atoms with Crippen LogP contribution in [0.3, 0.4) is 0 Å². The molecule has 33 heavy (non-hydrogen) atoms. The van der Waals surface area contributed by atoms with Crippen LogP contribution in [0, 0.1) is 17.1 Å². The average molecular weight is 506 g/mol. The van der Waals surface area contributed by atoms with Gasteiger partial charge in [0.25, 0.3) is 0 Å². The van der Waals surface area contributed by atoms with E-state index < -0.39 is 5.82 Å². The molecule has 0 atom stereocenters. The fraction of sp³-hybridized carbons (Fsp3) is 0.364. The van der Waals surface area contributed by atoms with Crippen LogP contribution in [0.5, 0.6) is 5.75 Å². The molecule has 0 saturated carbocycles. The van der Waals surface area contributed by atoms with Crippen LogP contribution >= 0.6 is 34.7 Å². The Labute approximate surface area is 203 Å². The molecule has 0 fully saturated rings. The van der Waals surface area contributed by atoms with E-state index in [1.807, 2.05) is 0 Å². The molecule has 2 heterocycles. The molecule has 3 aromatic rings. The number of nitriles is 1. The molecule has 1 aliphatic rings. The zero-order valence-electron chi connectivity index (χ0n) is 17.9. The highest BCUT2D eigenvalue weighted by atomic mass is 35.5. The van der Waals surface area contributed by atoms with Gasteiger partial charge in [-0.2, -0.15) is 5.26 Å². The lowest BCUT2D eigenvalue weighted by Gasteiger charge is -2.07. The quantitative estimate of drug-likeness (QED) is 0.354. The van der Waals surface area contributed by atoms with Gasteiger partial charge in [-0.25, -0.2) is 4.39 Å². The second kappa shape index (κ2) is 10.5. The maximum absolute atomic E-state index is 13.3. The minimum atomic E-state index is -0.514. The highest BCUT2D eigenvalue weighted by Gasteiger charge is 2.21. The number of nitrogens with one attached hydrogen (secondary N) is 1.